The first kappa shape index (κ1) is 16.1. The SMILES string of the molecule is O=C(NCCCNc1ccnc2cc(Cl)ccc12)[C]1[CH][CH][CH][CH]1. The summed E-state index contributed by atoms with van der Waals surface area (Å²) >= 11 is 5.99. The summed E-state index contributed by atoms with van der Waals surface area (Å²) in [4.78, 5) is 16.1. The predicted octanol–water partition coefficient (Wildman–Crippen LogP) is 3.21. The molecule has 0 atom stereocenters. The number of amides is 1. The van der Waals surface area contributed by atoms with Crippen LogP contribution in [-0.4, -0.2) is 24.0 Å². The molecule has 117 valence electrons. The first-order valence-electron chi connectivity index (χ1n) is 7.52. The quantitative estimate of drug-likeness (QED) is 0.801. The molecule has 23 heavy (non-hydrogen) atoms. The van der Waals surface area contributed by atoms with Crippen LogP contribution in [0.3, 0.4) is 0 Å². The lowest BCUT2D eigenvalue weighted by atomic mass is 10.1. The molecule has 0 aliphatic heterocycles. The zero-order valence-electron chi connectivity index (χ0n) is 12.6. The van der Waals surface area contributed by atoms with Gasteiger partial charge in [0, 0.05) is 35.4 Å². The number of nitrogens with one attached hydrogen (secondary N) is 2. The van der Waals surface area contributed by atoms with E-state index in [0.717, 1.165) is 29.6 Å². The number of hydrogen-bond donors (Lipinski definition) is 2. The molecule has 1 aliphatic rings. The Morgan fingerprint density at radius 1 is 1.13 bits per heavy atom. The standard InChI is InChI=1S/C18H17ClN3O/c19-14-6-7-15-16(8-11-21-17(15)12-14)20-9-3-10-22-18(23)13-4-1-2-5-13/h1-2,4-8,11-12H,3,9-10H2,(H,20,21)(H,22,23). The lowest BCUT2D eigenvalue weighted by Crippen LogP contribution is -2.30. The largest absolute Gasteiger partial charge is 0.384 e. The lowest BCUT2D eigenvalue weighted by Gasteiger charge is -2.11. The van der Waals surface area contributed by atoms with E-state index in [1.165, 1.54) is 0 Å². The van der Waals surface area contributed by atoms with E-state index >= 15 is 0 Å². The van der Waals surface area contributed by atoms with Crippen LogP contribution >= 0.6 is 11.6 Å². The third kappa shape index (κ3) is 4.14. The molecule has 2 aromatic rings. The maximum Gasteiger partial charge on any atom is 0.227 e. The monoisotopic (exact) mass is 326 g/mol. The molecule has 0 bridgehead atoms. The molecular weight excluding hydrogens is 310 g/mol. The maximum absolute atomic E-state index is 11.8. The fourth-order valence-corrected chi connectivity index (χ4v) is 2.58. The van der Waals surface area contributed by atoms with E-state index in [9.17, 15) is 4.79 Å². The Kier molecular flexibility index (Phi) is 5.34. The summed E-state index contributed by atoms with van der Waals surface area (Å²) in [5.41, 5.74) is 1.89. The van der Waals surface area contributed by atoms with Gasteiger partial charge in [0.15, 0.2) is 0 Å². The molecule has 1 fully saturated rings. The number of hydrogen-bond acceptors (Lipinski definition) is 3. The molecular formula is C18H17ClN3O. The molecule has 1 aliphatic carbocycles. The third-order valence-electron chi connectivity index (χ3n) is 3.58. The number of aromatic nitrogens is 1. The highest BCUT2D eigenvalue weighted by Crippen LogP contribution is 2.24. The summed E-state index contributed by atoms with van der Waals surface area (Å²) in [6.07, 6.45) is 9.93. The van der Waals surface area contributed by atoms with E-state index < -0.39 is 0 Å². The summed E-state index contributed by atoms with van der Waals surface area (Å²) in [5.74, 6) is 0.675. The van der Waals surface area contributed by atoms with E-state index in [-0.39, 0.29) is 5.91 Å². The number of carbonyl (C=O) groups excluding carboxylic acids is 1. The Bertz CT molecular complexity index is 683. The van der Waals surface area contributed by atoms with Crippen molar-refractivity contribution in [2.45, 2.75) is 6.42 Å². The van der Waals surface area contributed by atoms with Crippen molar-refractivity contribution in [2.75, 3.05) is 18.4 Å². The van der Waals surface area contributed by atoms with Crippen LogP contribution < -0.4 is 10.6 Å². The minimum Gasteiger partial charge on any atom is -0.384 e. The van der Waals surface area contributed by atoms with Crippen LogP contribution in [0.4, 0.5) is 5.69 Å². The molecule has 1 aromatic heterocycles. The van der Waals surface area contributed by atoms with Crippen LogP contribution in [0, 0.1) is 31.6 Å². The second-order valence-corrected chi connectivity index (χ2v) is 5.67. The fourth-order valence-electron chi connectivity index (χ4n) is 2.42. The third-order valence-corrected chi connectivity index (χ3v) is 3.82. The van der Waals surface area contributed by atoms with Gasteiger partial charge in [-0.1, -0.05) is 11.6 Å². The predicted molar refractivity (Wildman–Crippen MR) is 93.3 cm³/mol. The number of anilines is 1. The topological polar surface area (TPSA) is 54.0 Å². The van der Waals surface area contributed by atoms with Crippen molar-refractivity contribution in [2.24, 2.45) is 0 Å². The second-order valence-electron chi connectivity index (χ2n) is 5.23. The van der Waals surface area contributed by atoms with Crippen molar-refractivity contribution in [3.05, 3.63) is 67.1 Å². The average Bonchev–Trinajstić information content (AvgIpc) is 3.08. The number of rotatable bonds is 6. The van der Waals surface area contributed by atoms with Gasteiger partial charge in [0.2, 0.25) is 5.91 Å². The molecule has 0 unspecified atom stereocenters. The molecule has 2 N–H and O–H groups in total. The van der Waals surface area contributed by atoms with Crippen molar-refractivity contribution < 1.29 is 4.79 Å². The number of halogens is 1. The summed E-state index contributed by atoms with van der Waals surface area (Å²) in [5, 5.41) is 8.01. The highest BCUT2D eigenvalue weighted by molar-refractivity contribution is 6.31. The molecule has 3 rings (SSSR count). The van der Waals surface area contributed by atoms with Crippen LogP contribution in [-0.2, 0) is 4.79 Å². The highest BCUT2D eigenvalue weighted by Gasteiger charge is 2.23. The highest BCUT2D eigenvalue weighted by atomic mass is 35.5. The van der Waals surface area contributed by atoms with E-state index in [1.54, 1.807) is 6.20 Å². The Morgan fingerprint density at radius 2 is 1.96 bits per heavy atom. The van der Waals surface area contributed by atoms with Crippen LogP contribution in [0.5, 0.6) is 0 Å². The average molecular weight is 327 g/mol. The molecule has 0 saturated heterocycles. The van der Waals surface area contributed by atoms with Gasteiger partial charge >= 0.3 is 0 Å². The Morgan fingerprint density at radius 3 is 2.78 bits per heavy atom. The molecule has 1 aromatic carbocycles. The first-order valence-corrected chi connectivity index (χ1v) is 7.90. The van der Waals surface area contributed by atoms with Gasteiger partial charge in [0.25, 0.3) is 0 Å². The summed E-state index contributed by atoms with van der Waals surface area (Å²) in [6, 6.07) is 7.61. The number of carbonyl (C=O) groups is 1. The molecule has 5 radical (unpaired) electrons. The van der Waals surface area contributed by atoms with Crippen molar-refractivity contribution >= 4 is 34.1 Å². The van der Waals surface area contributed by atoms with Crippen molar-refractivity contribution in [3.63, 3.8) is 0 Å². The zero-order chi connectivity index (χ0) is 16.1. The van der Waals surface area contributed by atoms with E-state index in [0.29, 0.717) is 17.5 Å². The van der Waals surface area contributed by atoms with Gasteiger partial charge in [0.1, 0.15) is 0 Å². The summed E-state index contributed by atoms with van der Waals surface area (Å²) in [6.45, 7) is 1.40. The van der Waals surface area contributed by atoms with E-state index in [2.05, 4.69) is 15.6 Å². The van der Waals surface area contributed by atoms with E-state index in [4.69, 9.17) is 11.6 Å². The van der Waals surface area contributed by atoms with Gasteiger partial charge in [-0.2, -0.15) is 0 Å². The normalized spacial score (nSPS) is 15.0. The lowest BCUT2D eigenvalue weighted by molar-refractivity contribution is -0.118. The van der Waals surface area contributed by atoms with Crippen molar-refractivity contribution in [3.8, 4) is 0 Å². The van der Waals surface area contributed by atoms with Gasteiger partial charge in [-0.15, -0.1) is 0 Å². The van der Waals surface area contributed by atoms with Crippen molar-refractivity contribution in [1.82, 2.24) is 10.3 Å². The molecule has 5 heteroatoms. The fraction of sp³-hybridized carbons (Fsp3) is 0.167. The molecule has 1 saturated carbocycles. The zero-order valence-corrected chi connectivity index (χ0v) is 13.3. The van der Waals surface area contributed by atoms with Gasteiger partial charge in [-0.3, -0.25) is 9.78 Å². The molecule has 1 heterocycles. The number of pyridine rings is 1. The number of nitrogens with zero attached hydrogens (tertiary/aromatic N) is 1. The van der Waals surface area contributed by atoms with Crippen LogP contribution in [0.15, 0.2) is 30.5 Å². The minimum atomic E-state index is -0.0287. The number of benzene rings is 1. The van der Waals surface area contributed by atoms with E-state index in [1.807, 2.05) is 49.9 Å². The van der Waals surface area contributed by atoms with Crippen LogP contribution in [0.25, 0.3) is 10.9 Å². The smallest absolute Gasteiger partial charge is 0.227 e. The van der Waals surface area contributed by atoms with Gasteiger partial charge in [-0.25, -0.2) is 0 Å². The van der Waals surface area contributed by atoms with Gasteiger partial charge in [-0.05, 0) is 56.4 Å². The summed E-state index contributed by atoms with van der Waals surface area (Å²) < 4.78 is 0. The Hall–Kier alpha value is -1.81. The summed E-state index contributed by atoms with van der Waals surface area (Å²) in [7, 11) is 0. The molecule has 0 spiro atoms. The first-order chi connectivity index (χ1) is 11.2. The Balaban J connectivity index is 1.46. The van der Waals surface area contributed by atoms with Gasteiger partial charge in [0.05, 0.1) is 11.4 Å². The van der Waals surface area contributed by atoms with Crippen LogP contribution in [0.2, 0.25) is 5.02 Å². The molecule has 1 amide bonds. The van der Waals surface area contributed by atoms with Crippen molar-refractivity contribution in [1.29, 1.82) is 0 Å². The Labute approximate surface area is 141 Å². The maximum atomic E-state index is 11.8. The van der Waals surface area contributed by atoms with Crippen LogP contribution in [0.1, 0.15) is 6.42 Å². The molecule has 4 nitrogen and oxygen atoms in total. The number of fused-ring (bicyclic) bond motifs is 1. The minimum absolute atomic E-state index is 0.0287. The second kappa shape index (κ2) is 7.64. The van der Waals surface area contributed by atoms with Gasteiger partial charge < -0.3 is 10.6 Å².